The molecule has 2 N–H and O–H groups in total. The lowest BCUT2D eigenvalue weighted by atomic mass is 10.1. The molecule has 1 aliphatic rings. The van der Waals surface area contributed by atoms with Gasteiger partial charge in [0.15, 0.2) is 5.17 Å². The lowest BCUT2D eigenvalue weighted by molar-refractivity contribution is -0.112. The number of benzene rings is 2. The minimum Gasteiger partial charge on any atom is -0.460 e. The van der Waals surface area contributed by atoms with Crippen molar-refractivity contribution in [2.75, 3.05) is 6.54 Å². The lowest BCUT2D eigenvalue weighted by Gasteiger charge is -2.28. The van der Waals surface area contributed by atoms with Crippen molar-refractivity contribution >= 4 is 16.9 Å². The first-order valence-corrected chi connectivity index (χ1v) is 9.58. The van der Waals surface area contributed by atoms with Gasteiger partial charge in [-0.05, 0) is 18.1 Å². The molecule has 0 radical (unpaired) electrons. The molecule has 3 rings (SSSR count). The highest BCUT2D eigenvalue weighted by molar-refractivity contribution is 8.13. The number of hydrogen-bond donors (Lipinski definition) is 1. The number of amidine groups is 1. The molecule has 6 heteroatoms. The van der Waals surface area contributed by atoms with E-state index in [4.69, 9.17) is 15.2 Å². The van der Waals surface area contributed by atoms with Crippen molar-refractivity contribution in [2.45, 2.75) is 32.5 Å². The summed E-state index contributed by atoms with van der Waals surface area (Å²) in [5, 5.41) is 0.503. The molecule has 26 heavy (non-hydrogen) atoms. The van der Waals surface area contributed by atoms with E-state index in [0.717, 1.165) is 11.1 Å². The molecule has 138 valence electrons. The third kappa shape index (κ3) is 4.77. The van der Waals surface area contributed by atoms with Crippen LogP contribution in [0.25, 0.3) is 0 Å². The normalized spacial score (nSPS) is 17.1. The standard InChI is InChI=1S/C20H23FN2O2S/c1-13(2)10-23-20(22)26-12-16-9-17(21)8-15-11-24-19(25-18(15)16)14-6-4-3-5-7-14/h3-9,13,19H,10-12H2,1-2H3,(H2,22,23)/t19-/m0/s1. The highest BCUT2D eigenvalue weighted by atomic mass is 32.2. The first kappa shape index (κ1) is 18.7. The molecule has 0 unspecified atom stereocenters. The molecule has 1 heterocycles. The maximum absolute atomic E-state index is 14.0. The zero-order valence-electron chi connectivity index (χ0n) is 14.9. The van der Waals surface area contributed by atoms with Crippen LogP contribution in [0.4, 0.5) is 4.39 Å². The molecule has 0 saturated carbocycles. The second-order valence-electron chi connectivity index (χ2n) is 6.59. The van der Waals surface area contributed by atoms with Gasteiger partial charge in [0.05, 0.1) is 6.61 Å². The number of halogens is 1. The van der Waals surface area contributed by atoms with E-state index in [9.17, 15) is 4.39 Å². The number of ether oxygens (including phenoxy) is 2. The van der Waals surface area contributed by atoms with Crippen LogP contribution in [0, 0.1) is 11.7 Å². The Morgan fingerprint density at radius 1 is 1.31 bits per heavy atom. The van der Waals surface area contributed by atoms with Crippen molar-refractivity contribution in [3.63, 3.8) is 0 Å². The Balaban J connectivity index is 1.77. The zero-order valence-corrected chi connectivity index (χ0v) is 15.8. The number of nitrogens with two attached hydrogens (primary N) is 1. The summed E-state index contributed by atoms with van der Waals surface area (Å²) in [5.74, 6) is 1.32. The van der Waals surface area contributed by atoms with Gasteiger partial charge in [0.1, 0.15) is 11.6 Å². The van der Waals surface area contributed by atoms with E-state index in [0.29, 0.717) is 41.3 Å². The quantitative estimate of drug-likeness (QED) is 0.612. The topological polar surface area (TPSA) is 56.8 Å². The molecule has 0 aromatic heterocycles. The number of aliphatic imine (C=N–C) groups is 1. The highest BCUT2D eigenvalue weighted by Crippen LogP contribution is 2.37. The average molecular weight is 374 g/mol. The molecular formula is C20H23FN2O2S. The lowest BCUT2D eigenvalue weighted by Crippen LogP contribution is -2.19. The minimum atomic E-state index is -0.495. The second-order valence-corrected chi connectivity index (χ2v) is 7.58. The maximum Gasteiger partial charge on any atom is 0.227 e. The van der Waals surface area contributed by atoms with Gasteiger partial charge >= 0.3 is 0 Å². The predicted molar refractivity (Wildman–Crippen MR) is 104 cm³/mol. The van der Waals surface area contributed by atoms with E-state index in [1.165, 1.54) is 23.9 Å². The molecule has 0 fully saturated rings. The smallest absolute Gasteiger partial charge is 0.227 e. The van der Waals surface area contributed by atoms with Crippen molar-refractivity contribution in [2.24, 2.45) is 16.6 Å². The molecule has 4 nitrogen and oxygen atoms in total. The SMILES string of the molecule is CC(C)CN=C(N)SCc1cc(F)cc2c1O[C@@H](c1ccccc1)OC2. The average Bonchev–Trinajstić information content (AvgIpc) is 2.64. The summed E-state index contributed by atoms with van der Waals surface area (Å²) < 4.78 is 25.8. The van der Waals surface area contributed by atoms with Crippen molar-refractivity contribution in [1.82, 2.24) is 0 Å². The van der Waals surface area contributed by atoms with Gasteiger partial charge in [-0.1, -0.05) is 55.9 Å². The Morgan fingerprint density at radius 3 is 2.81 bits per heavy atom. The van der Waals surface area contributed by atoms with Crippen molar-refractivity contribution in [3.8, 4) is 5.75 Å². The van der Waals surface area contributed by atoms with Crippen LogP contribution in [-0.4, -0.2) is 11.7 Å². The van der Waals surface area contributed by atoms with E-state index >= 15 is 0 Å². The Hall–Kier alpha value is -2.05. The third-order valence-corrected chi connectivity index (χ3v) is 4.76. The van der Waals surface area contributed by atoms with Gasteiger partial charge in [0.25, 0.3) is 0 Å². The van der Waals surface area contributed by atoms with Crippen molar-refractivity contribution in [3.05, 3.63) is 65.0 Å². The van der Waals surface area contributed by atoms with Crippen LogP contribution in [0.1, 0.15) is 36.8 Å². The van der Waals surface area contributed by atoms with Gasteiger partial charge in [-0.25, -0.2) is 4.39 Å². The van der Waals surface area contributed by atoms with E-state index in [2.05, 4.69) is 18.8 Å². The molecule has 2 aromatic rings. The van der Waals surface area contributed by atoms with Gasteiger partial charge in [-0.2, -0.15) is 0 Å². The molecule has 0 bridgehead atoms. The van der Waals surface area contributed by atoms with E-state index in [-0.39, 0.29) is 5.82 Å². The van der Waals surface area contributed by atoms with Crippen LogP contribution in [0.3, 0.4) is 0 Å². The van der Waals surface area contributed by atoms with Gasteiger partial charge in [0.2, 0.25) is 6.29 Å². The fraction of sp³-hybridized carbons (Fsp3) is 0.350. The van der Waals surface area contributed by atoms with Crippen molar-refractivity contribution < 1.29 is 13.9 Å². The molecule has 2 aromatic carbocycles. The molecule has 1 atom stereocenters. The van der Waals surface area contributed by atoms with E-state index < -0.39 is 6.29 Å². The zero-order chi connectivity index (χ0) is 18.5. The van der Waals surface area contributed by atoms with Crippen LogP contribution >= 0.6 is 11.8 Å². The monoisotopic (exact) mass is 374 g/mol. The summed E-state index contributed by atoms with van der Waals surface area (Å²) in [6.07, 6.45) is -0.495. The Kier molecular flexibility index (Phi) is 6.16. The summed E-state index contributed by atoms with van der Waals surface area (Å²) >= 11 is 1.39. The van der Waals surface area contributed by atoms with Gasteiger partial charge in [-0.3, -0.25) is 4.99 Å². The van der Waals surface area contributed by atoms with E-state index in [1.807, 2.05) is 30.3 Å². The van der Waals surface area contributed by atoms with Gasteiger partial charge in [-0.15, -0.1) is 0 Å². The van der Waals surface area contributed by atoms with Crippen LogP contribution in [-0.2, 0) is 17.1 Å². The number of hydrogen-bond acceptors (Lipinski definition) is 4. The molecule has 0 aliphatic carbocycles. The minimum absolute atomic E-state index is 0.303. The fourth-order valence-corrected chi connectivity index (χ4v) is 3.31. The first-order chi connectivity index (χ1) is 12.5. The van der Waals surface area contributed by atoms with Crippen LogP contribution in [0.15, 0.2) is 47.5 Å². The number of thioether (sulfide) groups is 1. The number of fused-ring (bicyclic) bond motifs is 1. The predicted octanol–water partition coefficient (Wildman–Crippen LogP) is 4.64. The van der Waals surface area contributed by atoms with Crippen LogP contribution in [0.5, 0.6) is 5.75 Å². The molecule has 0 saturated heterocycles. The van der Waals surface area contributed by atoms with Crippen molar-refractivity contribution in [1.29, 1.82) is 0 Å². The Bertz CT molecular complexity index is 781. The Morgan fingerprint density at radius 2 is 2.08 bits per heavy atom. The van der Waals surface area contributed by atoms with Crippen LogP contribution < -0.4 is 10.5 Å². The summed E-state index contributed by atoms with van der Waals surface area (Å²) in [6, 6.07) is 12.7. The molecule has 0 amide bonds. The maximum atomic E-state index is 14.0. The summed E-state index contributed by atoms with van der Waals surface area (Å²) in [5.41, 5.74) is 8.36. The number of rotatable bonds is 5. The summed E-state index contributed by atoms with van der Waals surface area (Å²) in [6.45, 7) is 5.16. The summed E-state index contributed by atoms with van der Waals surface area (Å²) in [4.78, 5) is 4.33. The van der Waals surface area contributed by atoms with Gasteiger partial charge < -0.3 is 15.2 Å². The molecule has 1 aliphatic heterocycles. The molecular weight excluding hydrogens is 351 g/mol. The molecule has 0 spiro atoms. The Labute approximate surface area is 157 Å². The summed E-state index contributed by atoms with van der Waals surface area (Å²) in [7, 11) is 0. The second kappa shape index (κ2) is 8.56. The van der Waals surface area contributed by atoms with Crippen LogP contribution in [0.2, 0.25) is 0 Å². The number of nitrogens with zero attached hydrogens (tertiary/aromatic N) is 1. The fourth-order valence-electron chi connectivity index (χ4n) is 2.63. The third-order valence-electron chi connectivity index (χ3n) is 3.88. The first-order valence-electron chi connectivity index (χ1n) is 8.60. The largest absolute Gasteiger partial charge is 0.460 e. The highest BCUT2D eigenvalue weighted by Gasteiger charge is 2.25. The van der Waals surface area contributed by atoms with E-state index in [1.54, 1.807) is 0 Å². The van der Waals surface area contributed by atoms with Gasteiger partial charge in [0, 0.05) is 29.0 Å².